The molecular weight excluding hydrogens is 354 g/mol. The Morgan fingerprint density at radius 3 is 2.92 bits per heavy atom. The summed E-state index contributed by atoms with van der Waals surface area (Å²) in [7, 11) is 0. The number of nitrogens with two attached hydrogens (primary N) is 2. The van der Waals surface area contributed by atoms with E-state index in [1.54, 1.807) is 12.1 Å². The number of hydrogen-bond donors (Lipinski definition) is 2. The van der Waals surface area contributed by atoms with Gasteiger partial charge in [0.25, 0.3) is 5.69 Å². The Morgan fingerprint density at radius 1 is 1.42 bits per heavy atom. The zero-order chi connectivity index (χ0) is 16.4. The number of nitro groups is 1. The topological polar surface area (TPSA) is 137 Å². The van der Waals surface area contributed by atoms with E-state index in [2.05, 4.69) is 15.2 Å². The number of guanidine groups is 1. The van der Waals surface area contributed by atoms with E-state index in [0.29, 0.717) is 17.0 Å². The minimum Gasteiger partial charge on any atom is -0.369 e. The highest BCUT2D eigenvalue weighted by Crippen LogP contribution is 2.28. The van der Waals surface area contributed by atoms with E-state index in [1.807, 2.05) is 16.0 Å². The van der Waals surface area contributed by atoms with E-state index >= 15 is 0 Å². The number of fused-ring (bicyclic) bond motifs is 1. The summed E-state index contributed by atoms with van der Waals surface area (Å²) in [6.07, 6.45) is 3.28. The van der Waals surface area contributed by atoms with Gasteiger partial charge in [-0.1, -0.05) is 12.1 Å². The van der Waals surface area contributed by atoms with Crippen LogP contribution in [0.4, 0.5) is 5.69 Å². The number of non-ortho nitro benzene ring substituents is 1. The van der Waals surface area contributed by atoms with Gasteiger partial charge < -0.3 is 11.5 Å². The molecule has 0 atom stereocenters. The molecule has 3 aromatic rings. The molecular formula is C13H12ClN7O2S. The van der Waals surface area contributed by atoms with Gasteiger partial charge in [-0.2, -0.15) is 5.10 Å². The first-order chi connectivity index (χ1) is 11.1. The van der Waals surface area contributed by atoms with Gasteiger partial charge in [0.05, 0.1) is 22.5 Å². The molecule has 2 aromatic heterocycles. The van der Waals surface area contributed by atoms with Crippen molar-refractivity contribution in [3.05, 3.63) is 51.7 Å². The molecule has 0 amide bonds. The van der Waals surface area contributed by atoms with E-state index in [4.69, 9.17) is 11.5 Å². The number of benzene rings is 1. The third-order valence-electron chi connectivity index (χ3n) is 2.98. The van der Waals surface area contributed by atoms with Gasteiger partial charge in [0.15, 0.2) is 4.96 Å². The average molecular weight is 366 g/mol. The van der Waals surface area contributed by atoms with Crippen molar-refractivity contribution in [2.24, 2.45) is 21.7 Å². The highest BCUT2D eigenvalue weighted by molar-refractivity contribution is 7.15. The van der Waals surface area contributed by atoms with E-state index in [0.717, 1.165) is 4.96 Å². The molecule has 0 saturated heterocycles. The lowest BCUT2D eigenvalue weighted by molar-refractivity contribution is -0.384. The molecule has 0 aliphatic heterocycles. The van der Waals surface area contributed by atoms with Crippen LogP contribution in [0, 0.1) is 10.1 Å². The van der Waals surface area contributed by atoms with Crippen LogP contribution in [-0.2, 0) is 0 Å². The number of nitrogens with zero attached hydrogens (tertiary/aromatic N) is 5. The molecule has 0 aliphatic carbocycles. The van der Waals surface area contributed by atoms with Crippen LogP contribution in [0.3, 0.4) is 0 Å². The van der Waals surface area contributed by atoms with E-state index in [-0.39, 0.29) is 24.1 Å². The largest absolute Gasteiger partial charge is 0.369 e. The quantitative estimate of drug-likeness (QED) is 0.315. The monoisotopic (exact) mass is 365 g/mol. The molecule has 0 radical (unpaired) electrons. The van der Waals surface area contributed by atoms with Gasteiger partial charge in [-0.25, -0.2) is 4.98 Å². The molecule has 2 heterocycles. The summed E-state index contributed by atoms with van der Waals surface area (Å²) in [6, 6.07) is 6.24. The number of thiazole rings is 1. The highest BCUT2D eigenvalue weighted by atomic mass is 35.5. The maximum absolute atomic E-state index is 10.9. The van der Waals surface area contributed by atoms with Crippen LogP contribution in [0.2, 0.25) is 0 Å². The number of hydrogen-bond acceptors (Lipinski definition) is 6. The molecule has 0 fully saturated rings. The molecule has 4 N–H and O–H groups in total. The fraction of sp³-hybridized carbons (Fsp3) is 0. The van der Waals surface area contributed by atoms with Crippen molar-refractivity contribution in [2.75, 3.05) is 0 Å². The van der Waals surface area contributed by atoms with Crippen LogP contribution in [0.25, 0.3) is 16.2 Å². The Bertz CT molecular complexity index is 943. The maximum Gasteiger partial charge on any atom is 0.270 e. The van der Waals surface area contributed by atoms with Crippen LogP contribution in [0.5, 0.6) is 0 Å². The first kappa shape index (κ1) is 17.4. The lowest BCUT2D eigenvalue weighted by Crippen LogP contribution is -2.21. The first-order valence-corrected chi connectivity index (χ1v) is 7.26. The van der Waals surface area contributed by atoms with Crippen molar-refractivity contribution in [2.45, 2.75) is 0 Å². The maximum atomic E-state index is 10.9. The summed E-state index contributed by atoms with van der Waals surface area (Å²) < 4.78 is 1.81. The fourth-order valence-electron chi connectivity index (χ4n) is 2.06. The number of nitro benzene ring substituents is 1. The van der Waals surface area contributed by atoms with Gasteiger partial charge in [0.1, 0.15) is 0 Å². The van der Waals surface area contributed by atoms with Crippen molar-refractivity contribution < 1.29 is 4.92 Å². The summed E-state index contributed by atoms with van der Waals surface area (Å²) in [5.41, 5.74) is 12.3. The van der Waals surface area contributed by atoms with Gasteiger partial charge in [-0.3, -0.25) is 14.5 Å². The summed E-state index contributed by atoms with van der Waals surface area (Å²) in [4.78, 5) is 15.7. The summed E-state index contributed by atoms with van der Waals surface area (Å²) >= 11 is 1.44. The molecule has 3 rings (SSSR count). The predicted molar refractivity (Wildman–Crippen MR) is 95.8 cm³/mol. The predicted octanol–water partition coefficient (Wildman–Crippen LogP) is 2.00. The number of halogens is 1. The first-order valence-electron chi connectivity index (χ1n) is 6.38. The van der Waals surface area contributed by atoms with Crippen LogP contribution in [-0.4, -0.2) is 26.5 Å². The van der Waals surface area contributed by atoms with Crippen molar-refractivity contribution in [1.29, 1.82) is 0 Å². The molecule has 124 valence electrons. The Kier molecular flexibility index (Phi) is 5.11. The molecule has 0 bridgehead atoms. The minimum atomic E-state index is -0.449. The molecule has 1 aromatic carbocycles. The van der Waals surface area contributed by atoms with Gasteiger partial charge in [0, 0.05) is 29.3 Å². The zero-order valence-corrected chi connectivity index (χ0v) is 13.7. The van der Waals surface area contributed by atoms with Crippen LogP contribution in [0.15, 0.2) is 46.0 Å². The van der Waals surface area contributed by atoms with Crippen molar-refractivity contribution in [3.63, 3.8) is 0 Å². The number of imidazole rings is 1. The Hall–Kier alpha value is -2.98. The van der Waals surface area contributed by atoms with Gasteiger partial charge >= 0.3 is 0 Å². The van der Waals surface area contributed by atoms with E-state index in [9.17, 15) is 10.1 Å². The van der Waals surface area contributed by atoms with E-state index < -0.39 is 4.92 Å². The van der Waals surface area contributed by atoms with Crippen LogP contribution >= 0.6 is 23.7 Å². The van der Waals surface area contributed by atoms with Gasteiger partial charge in [-0.15, -0.1) is 28.8 Å². The minimum absolute atomic E-state index is 0. The number of aromatic nitrogens is 2. The second-order valence-corrected chi connectivity index (χ2v) is 5.35. The van der Waals surface area contributed by atoms with Crippen molar-refractivity contribution in [3.8, 4) is 11.3 Å². The Morgan fingerprint density at radius 2 is 2.21 bits per heavy atom. The normalized spacial score (nSPS) is 10.7. The highest BCUT2D eigenvalue weighted by Gasteiger charge is 2.16. The molecule has 9 nitrogen and oxygen atoms in total. The number of rotatable bonds is 4. The van der Waals surface area contributed by atoms with Crippen molar-refractivity contribution >= 4 is 46.6 Å². The summed E-state index contributed by atoms with van der Waals surface area (Å²) in [5, 5.41) is 20.2. The molecule has 0 unspecified atom stereocenters. The second-order valence-electron chi connectivity index (χ2n) is 4.48. The molecule has 0 saturated carbocycles. The average Bonchev–Trinajstić information content (AvgIpc) is 3.09. The van der Waals surface area contributed by atoms with E-state index in [1.165, 1.54) is 29.7 Å². The summed E-state index contributed by atoms with van der Waals surface area (Å²) in [5.74, 6) is -0.163. The molecule has 0 spiro atoms. The standard InChI is InChI=1S/C13H11N7O2S.ClH/c14-12(15)18-16-7-10-11(17-13-19(10)4-5-23-13)8-2-1-3-9(6-8)20(21)22;/h1-7H,(H4,14,15,18);1H/b16-7+;. The lowest BCUT2D eigenvalue weighted by atomic mass is 10.1. The molecule has 0 aliphatic rings. The summed E-state index contributed by atoms with van der Waals surface area (Å²) in [6.45, 7) is 0. The smallest absolute Gasteiger partial charge is 0.270 e. The second kappa shape index (κ2) is 7.06. The SMILES string of the molecule is Cl.NC(N)=N/N=C/c1c(-c2cccc([N+](=O)[O-])c2)nc2sccn12. The zero-order valence-electron chi connectivity index (χ0n) is 12.1. The third kappa shape index (κ3) is 3.34. The Balaban J connectivity index is 0.00000208. The van der Waals surface area contributed by atoms with Gasteiger partial charge in [0.2, 0.25) is 5.96 Å². The molecule has 24 heavy (non-hydrogen) atoms. The van der Waals surface area contributed by atoms with Crippen LogP contribution in [0.1, 0.15) is 5.69 Å². The van der Waals surface area contributed by atoms with Crippen LogP contribution < -0.4 is 11.5 Å². The molecule has 11 heteroatoms. The lowest BCUT2D eigenvalue weighted by Gasteiger charge is -1.99. The fourth-order valence-corrected chi connectivity index (χ4v) is 2.78. The van der Waals surface area contributed by atoms with Crippen molar-refractivity contribution in [1.82, 2.24) is 9.38 Å². The van der Waals surface area contributed by atoms with Gasteiger partial charge in [-0.05, 0) is 0 Å². The Labute approximate surface area is 145 Å². The third-order valence-corrected chi connectivity index (χ3v) is 3.74.